The Bertz CT molecular complexity index is 461. The fraction of sp³-hybridized carbons (Fsp3) is 0.562. The lowest BCUT2D eigenvalue weighted by Gasteiger charge is -2.26. The van der Waals surface area contributed by atoms with Gasteiger partial charge in [-0.25, -0.2) is 5.84 Å². The molecule has 3 nitrogen and oxygen atoms in total. The Balaban J connectivity index is 1.75. The summed E-state index contributed by atoms with van der Waals surface area (Å²) in [5.41, 5.74) is 5.84. The molecule has 1 aromatic carbocycles. The molecule has 0 bridgehead atoms. The zero-order valence-corrected chi connectivity index (χ0v) is 11.4. The standard InChI is InChI=1S/C16H23N3/c17-19-16(18-15-7-3-4-8-15)14-10-9-12-5-1-2-6-13(12)11-14/h1-2,5-6,14-15H,3-4,7-11,17H2,(H,18,19). The van der Waals surface area contributed by atoms with E-state index in [1.54, 1.807) is 0 Å². The second-order valence-electron chi connectivity index (χ2n) is 5.81. The number of rotatable bonds is 2. The van der Waals surface area contributed by atoms with Crippen molar-refractivity contribution in [3.63, 3.8) is 0 Å². The number of benzene rings is 1. The van der Waals surface area contributed by atoms with Gasteiger partial charge in [-0.1, -0.05) is 37.1 Å². The van der Waals surface area contributed by atoms with Crippen molar-refractivity contribution in [2.24, 2.45) is 16.8 Å². The number of nitrogens with two attached hydrogens (primary N) is 1. The highest BCUT2D eigenvalue weighted by Gasteiger charge is 2.24. The molecule has 0 heterocycles. The molecule has 2 aliphatic carbocycles. The number of fused-ring (bicyclic) bond motifs is 1. The van der Waals surface area contributed by atoms with Crippen molar-refractivity contribution < 1.29 is 0 Å². The van der Waals surface area contributed by atoms with E-state index in [0.717, 1.165) is 25.1 Å². The van der Waals surface area contributed by atoms with Gasteiger partial charge in [0.15, 0.2) is 0 Å². The van der Waals surface area contributed by atoms with Crippen LogP contribution in [0, 0.1) is 5.92 Å². The summed E-state index contributed by atoms with van der Waals surface area (Å²) in [6.45, 7) is 0. The first-order valence-corrected chi connectivity index (χ1v) is 7.48. The molecule has 1 unspecified atom stereocenters. The van der Waals surface area contributed by atoms with Crippen LogP contribution in [0.1, 0.15) is 43.2 Å². The van der Waals surface area contributed by atoms with Crippen molar-refractivity contribution in [2.45, 2.75) is 51.0 Å². The summed E-state index contributed by atoms with van der Waals surface area (Å²) in [4.78, 5) is 4.87. The third kappa shape index (κ3) is 2.81. The molecule has 3 N–H and O–H groups in total. The van der Waals surface area contributed by atoms with Gasteiger partial charge in [-0.2, -0.15) is 0 Å². The lowest BCUT2D eigenvalue weighted by molar-refractivity contribution is 0.557. The van der Waals surface area contributed by atoms with Gasteiger partial charge in [-0.15, -0.1) is 0 Å². The van der Waals surface area contributed by atoms with Crippen molar-refractivity contribution in [3.05, 3.63) is 35.4 Å². The Morgan fingerprint density at radius 3 is 2.58 bits per heavy atom. The van der Waals surface area contributed by atoms with Gasteiger partial charge in [0, 0.05) is 5.92 Å². The van der Waals surface area contributed by atoms with Crippen LogP contribution >= 0.6 is 0 Å². The Morgan fingerprint density at radius 2 is 1.84 bits per heavy atom. The fourth-order valence-corrected chi connectivity index (χ4v) is 3.42. The second kappa shape index (κ2) is 5.74. The monoisotopic (exact) mass is 257 g/mol. The molecule has 3 heteroatoms. The Morgan fingerprint density at radius 1 is 1.11 bits per heavy atom. The first-order chi connectivity index (χ1) is 9.36. The summed E-state index contributed by atoms with van der Waals surface area (Å²) in [7, 11) is 0. The van der Waals surface area contributed by atoms with Crippen LogP contribution in [0.3, 0.4) is 0 Å². The highest BCUT2D eigenvalue weighted by molar-refractivity contribution is 5.84. The van der Waals surface area contributed by atoms with E-state index < -0.39 is 0 Å². The molecule has 0 aliphatic heterocycles. The number of nitrogens with zero attached hydrogens (tertiary/aromatic N) is 1. The van der Waals surface area contributed by atoms with Crippen LogP contribution in [-0.2, 0) is 12.8 Å². The SMILES string of the molecule is NNC(=NC1CCCC1)C1CCc2ccccc2C1. The molecule has 2 aliphatic rings. The normalized spacial score (nSPS) is 24.3. The minimum absolute atomic E-state index is 0.473. The molecular weight excluding hydrogens is 234 g/mol. The number of nitrogens with one attached hydrogen (secondary N) is 1. The Hall–Kier alpha value is -1.35. The van der Waals surface area contributed by atoms with E-state index in [0.29, 0.717) is 12.0 Å². The predicted molar refractivity (Wildman–Crippen MR) is 79.0 cm³/mol. The third-order valence-electron chi connectivity index (χ3n) is 4.53. The molecule has 0 saturated heterocycles. The van der Waals surface area contributed by atoms with E-state index in [1.807, 2.05) is 0 Å². The van der Waals surface area contributed by atoms with Crippen molar-refractivity contribution in [1.29, 1.82) is 0 Å². The van der Waals surface area contributed by atoms with Crippen molar-refractivity contribution in [3.8, 4) is 0 Å². The highest BCUT2D eigenvalue weighted by atomic mass is 15.3. The maximum Gasteiger partial charge on any atom is 0.114 e. The van der Waals surface area contributed by atoms with Crippen LogP contribution in [0.4, 0.5) is 0 Å². The lowest BCUT2D eigenvalue weighted by atomic mass is 9.83. The topological polar surface area (TPSA) is 50.4 Å². The first-order valence-electron chi connectivity index (χ1n) is 7.48. The van der Waals surface area contributed by atoms with Crippen LogP contribution in [0.5, 0.6) is 0 Å². The zero-order chi connectivity index (χ0) is 13.1. The molecule has 1 aromatic rings. The minimum atomic E-state index is 0.473. The molecule has 0 aromatic heterocycles. The van der Waals surface area contributed by atoms with Crippen LogP contribution in [0.15, 0.2) is 29.3 Å². The summed E-state index contributed by atoms with van der Waals surface area (Å²) in [5.74, 6) is 7.22. The Labute approximate surface area is 115 Å². The predicted octanol–water partition coefficient (Wildman–Crippen LogP) is 2.60. The average molecular weight is 257 g/mol. The van der Waals surface area contributed by atoms with Gasteiger partial charge in [-0.05, 0) is 43.2 Å². The summed E-state index contributed by atoms with van der Waals surface area (Å²) >= 11 is 0. The number of hydrogen-bond donors (Lipinski definition) is 2. The van der Waals surface area contributed by atoms with Crippen molar-refractivity contribution in [2.75, 3.05) is 0 Å². The van der Waals surface area contributed by atoms with Gasteiger partial charge in [-0.3, -0.25) is 4.99 Å². The van der Waals surface area contributed by atoms with Crippen molar-refractivity contribution in [1.82, 2.24) is 5.43 Å². The van der Waals surface area contributed by atoms with E-state index in [9.17, 15) is 0 Å². The van der Waals surface area contributed by atoms with E-state index >= 15 is 0 Å². The molecule has 3 rings (SSSR count). The Kier molecular flexibility index (Phi) is 3.83. The van der Waals surface area contributed by atoms with Gasteiger partial charge in [0.25, 0.3) is 0 Å². The zero-order valence-electron chi connectivity index (χ0n) is 11.4. The molecule has 1 saturated carbocycles. The molecule has 102 valence electrons. The molecule has 19 heavy (non-hydrogen) atoms. The van der Waals surface area contributed by atoms with Gasteiger partial charge in [0.05, 0.1) is 6.04 Å². The van der Waals surface area contributed by atoms with Gasteiger partial charge >= 0.3 is 0 Å². The van der Waals surface area contributed by atoms with Crippen LogP contribution in [-0.4, -0.2) is 11.9 Å². The van der Waals surface area contributed by atoms with Crippen molar-refractivity contribution >= 4 is 5.84 Å². The molecule has 0 amide bonds. The molecule has 0 radical (unpaired) electrons. The van der Waals surface area contributed by atoms with E-state index in [-0.39, 0.29) is 0 Å². The summed E-state index contributed by atoms with van der Waals surface area (Å²) < 4.78 is 0. The number of aryl methyl sites for hydroxylation is 1. The largest absolute Gasteiger partial charge is 0.312 e. The van der Waals surface area contributed by atoms with Gasteiger partial charge in [0.2, 0.25) is 0 Å². The van der Waals surface area contributed by atoms with E-state index in [4.69, 9.17) is 10.8 Å². The number of amidine groups is 1. The maximum atomic E-state index is 5.72. The first kappa shape index (κ1) is 12.7. The van der Waals surface area contributed by atoms with Crippen LogP contribution in [0.2, 0.25) is 0 Å². The quantitative estimate of drug-likeness (QED) is 0.370. The van der Waals surface area contributed by atoms with Gasteiger partial charge in [0.1, 0.15) is 5.84 Å². The summed E-state index contributed by atoms with van der Waals surface area (Å²) in [6, 6.07) is 9.25. The third-order valence-corrected chi connectivity index (χ3v) is 4.53. The van der Waals surface area contributed by atoms with Gasteiger partial charge < -0.3 is 5.43 Å². The summed E-state index contributed by atoms with van der Waals surface area (Å²) in [6.07, 6.45) is 8.48. The number of aliphatic imine (C=N–C) groups is 1. The lowest BCUT2D eigenvalue weighted by Crippen LogP contribution is -2.39. The van der Waals surface area contributed by atoms with Crippen LogP contribution in [0.25, 0.3) is 0 Å². The average Bonchev–Trinajstić information content (AvgIpc) is 2.97. The second-order valence-corrected chi connectivity index (χ2v) is 5.81. The smallest absolute Gasteiger partial charge is 0.114 e. The number of hydrogen-bond acceptors (Lipinski definition) is 2. The maximum absolute atomic E-state index is 5.72. The minimum Gasteiger partial charge on any atom is -0.312 e. The highest BCUT2D eigenvalue weighted by Crippen LogP contribution is 2.27. The van der Waals surface area contributed by atoms with E-state index in [2.05, 4.69) is 29.7 Å². The number of hydrazine groups is 1. The molecule has 0 spiro atoms. The van der Waals surface area contributed by atoms with Crippen LogP contribution < -0.4 is 11.3 Å². The molecular formula is C16H23N3. The fourth-order valence-electron chi connectivity index (χ4n) is 3.42. The molecule has 1 fully saturated rings. The molecule has 1 atom stereocenters. The van der Waals surface area contributed by atoms with E-state index in [1.165, 1.54) is 36.8 Å². The summed E-state index contributed by atoms with van der Waals surface area (Å²) in [5, 5.41) is 0.